The highest BCUT2D eigenvalue weighted by molar-refractivity contribution is 5.18. The zero-order valence-electron chi connectivity index (χ0n) is 15.4. The maximum Gasteiger partial charge on any atom is 0.401 e. The summed E-state index contributed by atoms with van der Waals surface area (Å²) >= 11 is 0. The summed E-state index contributed by atoms with van der Waals surface area (Å²) in [6, 6.07) is 10.1. The van der Waals surface area contributed by atoms with Gasteiger partial charge in [-0.3, -0.25) is 4.90 Å². The summed E-state index contributed by atoms with van der Waals surface area (Å²) in [6.45, 7) is 2.68. The van der Waals surface area contributed by atoms with Crippen LogP contribution in [-0.4, -0.2) is 46.9 Å². The van der Waals surface area contributed by atoms with Crippen molar-refractivity contribution in [1.82, 2.24) is 20.4 Å². The second kappa shape index (κ2) is 8.84. The minimum atomic E-state index is -4.12. The van der Waals surface area contributed by atoms with E-state index >= 15 is 0 Å². The van der Waals surface area contributed by atoms with Crippen LogP contribution >= 0.6 is 0 Å². The van der Waals surface area contributed by atoms with Crippen molar-refractivity contribution in [3.63, 3.8) is 0 Å². The van der Waals surface area contributed by atoms with Gasteiger partial charge in [-0.1, -0.05) is 35.5 Å². The fourth-order valence-corrected chi connectivity index (χ4v) is 3.49. The van der Waals surface area contributed by atoms with Crippen LogP contribution in [0.25, 0.3) is 0 Å². The zero-order chi connectivity index (χ0) is 19.3. The lowest BCUT2D eigenvalue weighted by atomic mass is 9.90. The highest BCUT2D eigenvalue weighted by Gasteiger charge is 2.33. The quantitative estimate of drug-likeness (QED) is 0.795. The van der Waals surface area contributed by atoms with Crippen molar-refractivity contribution in [2.75, 3.05) is 19.6 Å². The first kappa shape index (κ1) is 19.8. The van der Waals surface area contributed by atoms with Crippen molar-refractivity contribution in [2.45, 2.75) is 44.9 Å². The lowest BCUT2D eigenvalue weighted by Crippen LogP contribution is -2.44. The third-order valence-corrected chi connectivity index (χ3v) is 5.03. The third-order valence-electron chi connectivity index (χ3n) is 5.03. The molecule has 0 radical (unpaired) electrons. The number of piperidine rings is 1. The van der Waals surface area contributed by atoms with Gasteiger partial charge in [0, 0.05) is 12.5 Å². The Balaban J connectivity index is 1.41. The fraction of sp³-hybridized carbons (Fsp3) is 0.579. The molecular formula is C19H25F3N4O. The molecule has 8 heteroatoms. The first-order chi connectivity index (χ1) is 12.9. The van der Waals surface area contributed by atoms with Crippen LogP contribution in [0.2, 0.25) is 0 Å². The summed E-state index contributed by atoms with van der Waals surface area (Å²) in [6.07, 6.45) is -1.98. The molecule has 148 valence electrons. The molecule has 1 aliphatic heterocycles. The minimum absolute atomic E-state index is 0.183. The lowest BCUT2D eigenvalue weighted by Gasteiger charge is -2.35. The molecule has 0 amide bonds. The van der Waals surface area contributed by atoms with E-state index in [0.29, 0.717) is 43.7 Å². The van der Waals surface area contributed by atoms with Crippen LogP contribution in [0.5, 0.6) is 0 Å². The molecule has 0 saturated carbocycles. The smallest absolute Gasteiger partial charge is 0.338 e. The third kappa shape index (κ3) is 6.32. The Morgan fingerprint density at radius 1 is 1.22 bits per heavy atom. The first-order valence-electron chi connectivity index (χ1n) is 9.27. The second-order valence-corrected chi connectivity index (χ2v) is 7.17. The van der Waals surface area contributed by atoms with Crippen LogP contribution in [0.4, 0.5) is 13.2 Å². The van der Waals surface area contributed by atoms with Crippen LogP contribution in [0.1, 0.15) is 37.0 Å². The fourth-order valence-electron chi connectivity index (χ4n) is 3.49. The average molecular weight is 382 g/mol. The Labute approximate surface area is 156 Å². The van der Waals surface area contributed by atoms with Crippen molar-refractivity contribution in [2.24, 2.45) is 5.92 Å². The van der Waals surface area contributed by atoms with Crippen LogP contribution in [0.15, 0.2) is 34.9 Å². The Morgan fingerprint density at radius 2 is 1.93 bits per heavy atom. The average Bonchev–Trinajstić information content (AvgIpc) is 3.07. The summed E-state index contributed by atoms with van der Waals surface area (Å²) in [5.41, 5.74) is 1.12. The molecular weight excluding hydrogens is 357 g/mol. The van der Waals surface area contributed by atoms with Gasteiger partial charge in [0.25, 0.3) is 0 Å². The van der Waals surface area contributed by atoms with Gasteiger partial charge in [0.2, 0.25) is 5.89 Å². The SMILES string of the molecule is CC(NCc1nc(Cc2ccccc2)no1)C1CCN(CC(F)(F)F)CC1. The Morgan fingerprint density at radius 3 is 2.59 bits per heavy atom. The molecule has 0 spiro atoms. The van der Waals surface area contributed by atoms with E-state index < -0.39 is 12.7 Å². The number of benzene rings is 1. The number of halogens is 3. The van der Waals surface area contributed by atoms with E-state index in [0.717, 1.165) is 18.4 Å². The van der Waals surface area contributed by atoms with Crippen LogP contribution in [-0.2, 0) is 13.0 Å². The van der Waals surface area contributed by atoms with Crippen LogP contribution in [0.3, 0.4) is 0 Å². The normalized spacial score (nSPS) is 17.9. The highest BCUT2D eigenvalue weighted by atomic mass is 19.4. The summed E-state index contributed by atoms with van der Waals surface area (Å²) < 4.78 is 42.7. The molecule has 2 heterocycles. The molecule has 1 aromatic heterocycles. The largest absolute Gasteiger partial charge is 0.401 e. The van der Waals surface area contributed by atoms with Crippen molar-refractivity contribution >= 4 is 0 Å². The van der Waals surface area contributed by atoms with Gasteiger partial charge in [0.1, 0.15) is 0 Å². The molecule has 3 rings (SSSR count). The van der Waals surface area contributed by atoms with E-state index in [4.69, 9.17) is 4.52 Å². The standard InChI is InChI=1S/C19H25F3N4O/c1-14(16-7-9-26(10-8-16)13-19(20,21)22)23-12-18-24-17(25-27-18)11-15-5-3-2-4-6-15/h2-6,14,16,23H,7-13H2,1H3. The predicted molar refractivity (Wildman–Crippen MR) is 95.1 cm³/mol. The molecule has 1 fully saturated rings. The molecule has 5 nitrogen and oxygen atoms in total. The molecule has 1 aliphatic rings. The number of nitrogens with one attached hydrogen (secondary N) is 1. The Hall–Kier alpha value is -1.93. The molecule has 2 aromatic rings. The van der Waals surface area contributed by atoms with Crippen molar-refractivity contribution in [3.05, 3.63) is 47.6 Å². The topological polar surface area (TPSA) is 54.2 Å². The zero-order valence-corrected chi connectivity index (χ0v) is 15.4. The van der Waals surface area contributed by atoms with E-state index in [9.17, 15) is 13.2 Å². The number of nitrogens with zero attached hydrogens (tertiary/aromatic N) is 3. The lowest BCUT2D eigenvalue weighted by molar-refractivity contribution is -0.148. The molecule has 27 heavy (non-hydrogen) atoms. The second-order valence-electron chi connectivity index (χ2n) is 7.17. The molecule has 1 saturated heterocycles. The van der Waals surface area contributed by atoms with Crippen molar-refractivity contribution in [1.29, 1.82) is 0 Å². The van der Waals surface area contributed by atoms with Crippen LogP contribution in [0, 0.1) is 5.92 Å². The minimum Gasteiger partial charge on any atom is -0.338 e. The summed E-state index contributed by atoms with van der Waals surface area (Å²) in [4.78, 5) is 5.88. The van der Waals surface area contributed by atoms with Gasteiger partial charge in [0.05, 0.1) is 13.1 Å². The first-order valence-corrected chi connectivity index (χ1v) is 9.27. The maximum absolute atomic E-state index is 12.5. The van der Waals surface area contributed by atoms with Gasteiger partial charge in [0.15, 0.2) is 5.82 Å². The van der Waals surface area contributed by atoms with E-state index in [1.54, 1.807) is 0 Å². The number of hydrogen-bond donors (Lipinski definition) is 1. The predicted octanol–water partition coefficient (Wildman–Crippen LogP) is 3.41. The van der Waals surface area contributed by atoms with Crippen molar-refractivity contribution in [3.8, 4) is 0 Å². The Kier molecular flexibility index (Phi) is 6.49. The van der Waals surface area contributed by atoms with Crippen LogP contribution < -0.4 is 5.32 Å². The maximum atomic E-state index is 12.5. The van der Waals surface area contributed by atoms with E-state index in [1.807, 2.05) is 30.3 Å². The Bertz CT molecular complexity index is 696. The van der Waals surface area contributed by atoms with Gasteiger partial charge in [-0.25, -0.2) is 0 Å². The number of rotatable bonds is 7. The summed E-state index contributed by atoms with van der Waals surface area (Å²) in [5.74, 6) is 1.52. The molecule has 1 atom stereocenters. The van der Waals surface area contributed by atoms with Gasteiger partial charge < -0.3 is 9.84 Å². The number of hydrogen-bond acceptors (Lipinski definition) is 5. The van der Waals surface area contributed by atoms with Gasteiger partial charge in [-0.2, -0.15) is 18.2 Å². The summed E-state index contributed by atoms with van der Waals surface area (Å²) in [7, 11) is 0. The molecule has 1 unspecified atom stereocenters. The van der Waals surface area contributed by atoms with Gasteiger partial charge >= 0.3 is 6.18 Å². The van der Waals surface area contributed by atoms with Gasteiger partial charge in [-0.05, 0) is 44.3 Å². The molecule has 0 bridgehead atoms. The van der Waals surface area contributed by atoms with Crippen molar-refractivity contribution < 1.29 is 17.7 Å². The number of aromatic nitrogens is 2. The number of likely N-dealkylation sites (tertiary alicyclic amines) is 1. The monoisotopic (exact) mass is 382 g/mol. The molecule has 1 aromatic carbocycles. The number of alkyl halides is 3. The summed E-state index contributed by atoms with van der Waals surface area (Å²) in [5, 5.41) is 7.38. The van der Waals surface area contributed by atoms with Gasteiger partial charge in [-0.15, -0.1) is 0 Å². The highest BCUT2D eigenvalue weighted by Crippen LogP contribution is 2.24. The van der Waals surface area contributed by atoms with E-state index in [2.05, 4.69) is 22.4 Å². The van der Waals surface area contributed by atoms with E-state index in [-0.39, 0.29) is 6.04 Å². The molecule has 0 aliphatic carbocycles. The van der Waals surface area contributed by atoms with E-state index in [1.165, 1.54) is 4.90 Å². The molecule has 1 N–H and O–H groups in total.